The maximum atomic E-state index is 9.24. The fourth-order valence-corrected chi connectivity index (χ4v) is 1.16. The SMILES string of the molecule is CCOO[Si](O)(OOC)OOC. The van der Waals surface area contributed by atoms with Crippen molar-refractivity contribution < 1.29 is 33.2 Å². The van der Waals surface area contributed by atoms with Crippen LogP contribution in [0.2, 0.25) is 0 Å². The molecule has 0 spiro atoms. The van der Waals surface area contributed by atoms with E-state index in [0.717, 1.165) is 0 Å². The van der Waals surface area contributed by atoms with Gasteiger partial charge >= 0.3 is 9.05 Å². The van der Waals surface area contributed by atoms with E-state index < -0.39 is 9.05 Å². The van der Waals surface area contributed by atoms with Crippen molar-refractivity contribution in [3.05, 3.63) is 0 Å². The van der Waals surface area contributed by atoms with Crippen LogP contribution in [-0.2, 0) is 28.4 Å². The minimum absolute atomic E-state index is 0.232. The van der Waals surface area contributed by atoms with Crippen molar-refractivity contribution in [3.63, 3.8) is 0 Å². The predicted molar refractivity (Wildman–Crippen MR) is 36.9 cm³/mol. The van der Waals surface area contributed by atoms with Gasteiger partial charge in [0.15, 0.2) is 0 Å². The molecule has 8 heteroatoms. The largest absolute Gasteiger partial charge is 0.761 e. The van der Waals surface area contributed by atoms with Crippen molar-refractivity contribution in [3.8, 4) is 0 Å². The van der Waals surface area contributed by atoms with E-state index in [0.29, 0.717) is 0 Å². The third kappa shape index (κ3) is 4.74. The molecule has 0 aliphatic carbocycles. The molecule has 0 radical (unpaired) electrons. The van der Waals surface area contributed by atoms with Crippen molar-refractivity contribution in [2.24, 2.45) is 0 Å². The van der Waals surface area contributed by atoms with E-state index in [4.69, 9.17) is 0 Å². The topological polar surface area (TPSA) is 75.6 Å². The standard InChI is InChI=1S/C4H12O7Si/c1-4-8-11-12(5,9-6-2)10-7-3/h5H,4H2,1-3H3. The first-order valence-corrected chi connectivity index (χ1v) is 4.82. The van der Waals surface area contributed by atoms with Crippen molar-refractivity contribution in [1.29, 1.82) is 0 Å². The molecule has 0 atom stereocenters. The summed E-state index contributed by atoms with van der Waals surface area (Å²) in [5.74, 6) is 0. The minimum atomic E-state index is -3.94. The van der Waals surface area contributed by atoms with E-state index in [-0.39, 0.29) is 6.61 Å². The van der Waals surface area contributed by atoms with Crippen molar-refractivity contribution >= 4 is 9.05 Å². The van der Waals surface area contributed by atoms with Crippen LogP contribution in [0.25, 0.3) is 0 Å². The molecule has 0 aliphatic heterocycles. The van der Waals surface area contributed by atoms with E-state index in [1.54, 1.807) is 6.92 Å². The van der Waals surface area contributed by atoms with Gasteiger partial charge < -0.3 is 4.80 Å². The molecule has 0 fully saturated rings. The van der Waals surface area contributed by atoms with Crippen LogP contribution in [0.3, 0.4) is 0 Å². The molecule has 0 aliphatic rings. The highest BCUT2D eigenvalue weighted by atomic mass is 28.4. The number of hydrogen-bond donors (Lipinski definition) is 1. The van der Waals surface area contributed by atoms with Gasteiger partial charge in [0.05, 0.1) is 20.8 Å². The third-order valence-electron chi connectivity index (χ3n) is 0.659. The molecular weight excluding hydrogens is 188 g/mol. The second-order valence-electron chi connectivity index (χ2n) is 1.51. The lowest BCUT2D eigenvalue weighted by Gasteiger charge is -2.16. The fourth-order valence-electron chi connectivity index (χ4n) is 0.386. The Hall–Kier alpha value is -0.0631. The highest BCUT2D eigenvalue weighted by Crippen LogP contribution is 2.05. The molecule has 0 rings (SSSR count). The van der Waals surface area contributed by atoms with Gasteiger partial charge in [0, 0.05) is 0 Å². The van der Waals surface area contributed by atoms with E-state index in [1.165, 1.54) is 14.2 Å². The van der Waals surface area contributed by atoms with Crippen LogP contribution in [0.4, 0.5) is 0 Å². The second kappa shape index (κ2) is 6.45. The van der Waals surface area contributed by atoms with Crippen molar-refractivity contribution in [2.45, 2.75) is 6.92 Å². The van der Waals surface area contributed by atoms with Crippen LogP contribution in [0.1, 0.15) is 6.92 Å². The van der Waals surface area contributed by atoms with Crippen LogP contribution in [0.5, 0.6) is 0 Å². The summed E-state index contributed by atoms with van der Waals surface area (Å²) in [6.07, 6.45) is 0. The lowest BCUT2D eigenvalue weighted by molar-refractivity contribution is -0.371. The summed E-state index contributed by atoms with van der Waals surface area (Å²) in [6.45, 7) is 1.89. The average molecular weight is 200 g/mol. The zero-order valence-electron chi connectivity index (χ0n) is 7.10. The number of rotatable bonds is 7. The summed E-state index contributed by atoms with van der Waals surface area (Å²) in [7, 11) is -1.56. The Balaban J connectivity index is 3.80. The summed E-state index contributed by atoms with van der Waals surface area (Å²) in [5.41, 5.74) is 0. The smallest absolute Gasteiger partial charge is 0.363 e. The summed E-state index contributed by atoms with van der Waals surface area (Å²) < 4.78 is 12.9. The summed E-state index contributed by atoms with van der Waals surface area (Å²) >= 11 is 0. The molecule has 0 unspecified atom stereocenters. The molecular formula is C4H12O7Si. The van der Waals surface area contributed by atoms with Crippen molar-refractivity contribution in [1.82, 2.24) is 0 Å². The minimum Gasteiger partial charge on any atom is -0.363 e. The summed E-state index contributed by atoms with van der Waals surface area (Å²) in [5, 5.41) is 0. The van der Waals surface area contributed by atoms with Gasteiger partial charge in [0.25, 0.3) is 0 Å². The van der Waals surface area contributed by atoms with Crippen LogP contribution < -0.4 is 0 Å². The Morgan fingerprint density at radius 3 is 1.92 bits per heavy atom. The summed E-state index contributed by atoms with van der Waals surface area (Å²) in [6, 6.07) is 0. The Morgan fingerprint density at radius 1 is 1.08 bits per heavy atom. The first-order chi connectivity index (χ1) is 5.68. The number of hydrogen-bond acceptors (Lipinski definition) is 7. The monoisotopic (exact) mass is 200 g/mol. The molecule has 0 aromatic heterocycles. The molecule has 7 nitrogen and oxygen atoms in total. The molecule has 1 N–H and O–H groups in total. The normalized spacial score (nSPS) is 12.0. The van der Waals surface area contributed by atoms with Gasteiger partial charge in [-0.05, 0) is 6.92 Å². The Morgan fingerprint density at radius 2 is 1.58 bits per heavy atom. The van der Waals surface area contributed by atoms with E-state index in [2.05, 4.69) is 28.4 Å². The average Bonchev–Trinajstić information content (AvgIpc) is 2.02. The first kappa shape index (κ1) is 11.9. The Bertz CT molecular complexity index is 104. The Labute approximate surface area is 71.0 Å². The van der Waals surface area contributed by atoms with Crippen LogP contribution in [0.15, 0.2) is 0 Å². The highest BCUT2D eigenvalue weighted by molar-refractivity contribution is 6.51. The van der Waals surface area contributed by atoms with Gasteiger partial charge in [-0.1, -0.05) is 0 Å². The zero-order valence-corrected chi connectivity index (χ0v) is 8.10. The molecule has 0 aromatic rings. The lowest BCUT2D eigenvalue weighted by Crippen LogP contribution is -2.45. The van der Waals surface area contributed by atoms with Crippen LogP contribution in [0, 0.1) is 0 Å². The quantitative estimate of drug-likeness (QED) is 0.338. The van der Waals surface area contributed by atoms with Crippen molar-refractivity contribution in [2.75, 3.05) is 20.8 Å². The predicted octanol–water partition coefficient (Wildman–Crippen LogP) is -0.462. The van der Waals surface area contributed by atoms with Crippen LogP contribution >= 0.6 is 0 Å². The molecule has 0 aromatic carbocycles. The third-order valence-corrected chi connectivity index (χ3v) is 1.74. The van der Waals surface area contributed by atoms with Gasteiger partial charge in [-0.3, -0.25) is 0 Å². The molecule has 0 amide bonds. The van der Waals surface area contributed by atoms with Gasteiger partial charge in [-0.2, -0.15) is 13.7 Å². The van der Waals surface area contributed by atoms with Gasteiger partial charge in [0.2, 0.25) is 0 Å². The van der Waals surface area contributed by atoms with Crippen LogP contribution in [-0.4, -0.2) is 34.7 Å². The molecule has 0 saturated heterocycles. The molecule has 0 saturated carbocycles. The Kier molecular flexibility index (Phi) is 6.42. The molecule has 0 heterocycles. The van der Waals surface area contributed by atoms with Gasteiger partial charge in [-0.25, -0.2) is 14.7 Å². The first-order valence-electron chi connectivity index (χ1n) is 3.15. The zero-order chi connectivity index (χ0) is 9.45. The van der Waals surface area contributed by atoms with Gasteiger partial charge in [0.1, 0.15) is 0 Å². The fraction of sp³-hybridized carbons (Fsp3) is 1.00. The van der Waals surface area contributed by atoms with E-state index in [9.17, 15) is 4.80 Å². The summed E-state index contributed by atoms with van der Waals surface area (Å²) in [4.78, 5) is 22.0. The molecule has 12 heavy (non-hydrogen) atoms. The van der Waals surface area contributed by atoms with Gasteiger partial charge in [-0.15, -0.1) is 0 Å². The molecule has 0 bridgehead atoms. The van der Waals surface area contributed by atoms with E-state index >= 15 is 0 Å². The molecule has 74 valence electrons. The highest BCUT2D eigenvalue weighted by Gasteiger charge is 2.47. The van der Waals surface area contributed by atoms with E-state index in [1.807, 2.05) is 0 Å². The maximum Gasteiger partial charge on any atom is 0.761 e. The maximum absolute atomic E-state index is 9.24. The lowest BCUT2D eigenvalue weighted by atomic mass is 10.9. The second-order valence-corrected chi connectivity index (χ2v) is 3.06.